The third-order valence-corrected chi connectivity index (χ3v) is 3.56. The molecule has 0 saturated heterocycles. The summed E-state index contributed by atoms with van der Waals surface area (Å²) in [6.07, 6.45) is 0. The van der Waals surface area contributed by atoms with Gasteiger partial charge in [-0.15, -0.1) is 5.10 Å². The molecule has 18 heavy (non-hydrogen) atoms. The fourth-order valence-corrected chi connectivity index (χ4v) is 2.68. The van der Waals surface area contributed by atoms with Gasteiger partial charge < -0.3 is 0 Å². The number of fused-ring (bicyclic) bond motifs is 1. The van der Waals surface area contributed by atoms with E-state index in [-0.39, 0.29) is 5.69 Å². The average molecular weight is 263 g/mol. The molecule has 5 heteroatoms. The lowest BCUT2D eigenvalue weighted by Gasteiger charge is -2.09. The normalized spacial score (nSPS) is 13.4. The van der Waals surface area contributed by atoms with E-state index in [9.17, 15) is 4.79 Å². The van der Waals surface area contributed by atoms with Crippen LogP contribution in [0.25, 0.3) is 5.69 Å². The largest absolute Gasteiger partial charge is 0.350 e. The van der Waals surface area contributed by atoms with Crippen molar-refractivity contribution in [2.24, 2.45) is 0 Å². The van der Waals surface area contributed by atoms with Gasteiger partial charge in [-0.25, -0.2) is 4.79 Å². The van der Waals surface area contributed by atoms with Gasteiger partial charge in [0.1, 0.15) is 5.82 Å². The summed E-state index contributed by atoms with van der Waals surface area (Å²) in [5.41, 5.74) is 0.806. The average Bonchev–Trinajstić information content (AvgIpc) is 2.80. The van der Waals surface area contributed by atoms with Crippen molar-refractivity contribution in [1.82, 2.24) is 14.3 Å². The number of hydrogen-bond donors (Lipinski definition) is 0. The van der Waals surface area contributed by atoms with Gasteiger partial charge in [-0.3, -0.25) is 4.57 Å². The standard InChI is InChI=1S/C11H11N3OS.C2H6/c15-11-13-6-7-16-8-10(13)12-14(11)9-4-2-1-3-5-9;1-2/h1-5H,6-8H2;1-2H3. The number of para-hydroxylation sites is 1. The molecule has 1 aromatic carbocycles. The minimum Gasteiger partial charge on any atom is -0.277 e. The van der Waals surface area contributed by atoms with Crippen molar-refractivity contribution in [3.8, 4) is 5.69 Å². The molecule has 0 radical (unpaired) electrons. The maximum atomic E-state index is 12.1. The van der Waals surface area contributed by atoms with E-state index in [4.69, 9.17) is 0 Å². The molecule has 0 unspecified atom stereocenters. The first-order valence-corrected chi connectivity index (χ1v) is 7.33. The Morgan fingerprint density at radius 3 is 2.61 bits per heavy atom. The molecule has 0 atom stereocenters. The van der Waals surface area contributed by atoms with Gasteiger partial charge in [0.2, 0.25) is 0 Å². The molecule has 0 bridgehead atoms. The zero-order chi connectivity index (χ0) is 13.0. The Hall–Kier alpha value is -1.49. The second kappa shape index (κ2) is 5.91. The molecule has 2 aromatic rings. The summed E-state index contributed by atoms with van der Waals surface area (Å²) in [6.45, 7) is 4.77. The zero-order valence-electron chi connectivity index (χ0n) is 10.7. The molecule has 0 N–H and O–H groups in total. The van der Waals surface area contributed by atoms with E-state index < -0.39 is 0 Å². The van der Waals surface area contributed by atoms with Crippen LogP contribution in [0.1, 0.15) is 19.7 Å². The first kappa shape index (κ1) is 13.0. The molecule has 0 saturated carbocycles. The Balaban J connectivity index is 0.000000574. The van der Waals surface area contributed by atoms with Crippen LogP contribution in [0, 0.1) is 0 Å². The SMILES string of the molecule is CC.O=c1n(-c2ccccc2)nc2n1CCSC2. The molecule has 1 aliphatic heterocycles. The van der Waals surface area contributed by atoms with Crippen LogP contribution in [0.3, 0.4) is 0 Å². The van der Waals surface area contributed by atoms with Crippen LogP contribution in [0.5, 0.6) is 0 Å². The van der Waals surface area contributed by atoms with Gasteiger partial charge in [-0.05, 0) is 12.1 Å². The van der Waals surface area contributed by atoms with E-state index in [1.807, 2.05) is 55.9 Å². The van der Waals surface area contributed by atoms with Crippen LogP contribution < -0.4 is 5.69 Å². The maximum absolute atomic E-state index is 12.1. The van der Waals surface area contributed by atoms with Crippen LogP contribution in [0.15, 0.2) is 35.1 Å². The molecule has 96 valence electrons. The topological polar surface area (TPSA) is 39.8 Å². The highest BCUT2D eigenvalue weighted by Crippen LogP contribution is 2.16. The van der Waals surface area contributed by atoms with E-state index in [2.05, 4.69) is 5.10 Å². The van der Waals surface area contributed by atoms with Crippen molar-refractivity contribution in [2.75, 3.05) is 5.75 Å². The molecule has 3 rings (SSSR count). The fourth-order valence-electron chi connectivity index (χ4n) is 1.83. The van der Waals surface area contributed by atoms with Crippen LogP contribution >= 0.6 is 11.8 Å². The Morgan fingerprint density at radius 2 is 1.94 bits per heavy atom. The van der Waals surface area contributed by atoms with Crippen molar-refractivity contribution < 1.29 is 0 Å². The highest BCUT2D eigenvalue weighted by Gasteiger charge is 2.17. The summed E-state index contributed by atoms with van der Waals surface area (Å²) in [5, 5.41) is 4.37. The van der Waals surface area contributed by atoms with E-state index in [1.165, 1.54) is 4.68 Å². The molecule has 0 fully saturated rings. The minimum atomic E-state index is -0.0264. The van der Waals surface area contributed by atoms with Crippen LogP contribution in [0.4, 0.5) is 0 Å². The van der Waals surface area contributed by atoms with E-state index in [0.717, 1.165) is 29.6 Å². The number of thioether (sulfide) groups is 1. The van der Waals surface area contributed by atoms with Gasteiger partial charge in [0, 0.05) is 12.3 Å². The summed E-state index contributed by atoms with van der Waals surface area (Å²) in [7, 11) is 0. The maximum Gasteiger partial charge on any atom is 0.350 e. The highest BCUT2D eigenvalue weighted by molar-refractivity contribution is 7.98. The lowest BCUT2D eigenvalue weighted by molar-refractivity contribution is 0.688. The molecule has 0 spiro atoms. The predicted molar refractivity (Wildman–Crippen MR) is 75.3 cm³/mol. The quantitative estimate of drug-likeness (QED) is 0.792. The van der Waals surface area contributed by atoms with Crippen LogP contribution in [0.2, 0.25) is 0 Å². The molecule has 0 amide bonds. The summed E-state index contributed by atoms with van der Waals surface area (Å²) < 4.78 is 3.25. The third-order valence-electron chi connectivity index (χ3n) is 2.63. The lowest BCUT2D eigenvalue weighted by Crippen LogP contribution is -2.26. The predicted octanol–water partition coefficient (Wildman–Crippen LogP) is 2.31. The van der Waals surface area contributed by atoms with Crippen molar-refractivity contribution in [1.29, 1.82) is 0 Å². The number of nitrogens with zero attached hydrogens (tertiary/aromatic N) is 3. The number of rotatable bonds is 1. The van der Waals surface area contributed by atoms with Crippen LogP contribution in [-0.4, -0.2) is 20.1 Å². The van der Waals surface area contributed by atoms with Gasteiger partial charge in [-0.2, -0.15) is 16.4 Å². The second-order valence-corrected chi connectivity index (χ2v) is 4.76. The van der Waals surface area contributed by atoms with Gasteiger partial charge in [0.05, 0.1) is 11.4 Å². The van der Waals surface area contributed by atoms with Crippen molar-refractivity contribution in [3.05, 3.63) is 46.6 Å². The van der Waals surface area contributed by atoms with Crippen LogP contribution in [-0.2, 0) is 12.3 Å². The number of benzene rings is 1. The van der Waals surface area contributed by atoms with Crippen molar-refractivity contribution in [3.63, 3.8) is 0 Å². The Morgan fingerprint density at radius 1 is 1.22 bits per heavy atom. The van der Waals surface area contributed by atoms with Crippen molar-refractivity contribution in [2.45, 2.75) is 26.1 Å². The summed E-state index contributed by atoms with van der Waals surface area (Å²) >= 11 is 1.82. The van der Waals surface area contributed by atoms with Gasteiger partial charge in [0.25, 0.3) is 0 Å². The number of aromatic nitrogens is 3. The molecular weight excluding hydrogens is 246 g/mol. The lowest BCUT2D eigenvalue weighted by atomic mass is 10.3. The number of hydrogen-bond acceptors (Lipinski definition) is 3. The fraction of sp³-hybridized carbons (Fsp3) is 0.385. The Labute approximate surface area is 111 Å². The first-order chi connectivity index (χ1) is 8.86. The highest BCUT2D eigenvalue weighted by atomic mass is 32.2. The summed E-state index contributed by atoms with van der Waals surface area (Å²) in [6, 6.07) is 9.55. The molecular formula is C13H17N3OS. The molecule has 2 heterocycles. The van der Waals surface area contributed by atoms with E-state index >= 15 is 0 Å². The zero-order valence-corrected chi connectivity index (χ0v) is 11.5. The smallest absolute Gasteiger partial charge is 0.277 e. The monoisotopic (exact) mass is 263 g/mol. The third kappa shape index (κ3) is 2.36. The minimum absolute atomic E-state index is 0.0264. The van der Waals surface area contributed by atoms with Gasteiger partial charge >= 0.3 is 5.69 Å². The molecule has 1 aliphatic rings. The second-order valence-electron chi connectivity index (χ2n) is 3.65. The molecule has 4 nitrogen and oxygen atoms in total. The first-order valence-electron chi connectivity index (χ1n) is 6.18. The Kier molecular flexibility index (Phi) is 4.25. The molecule has 1 aromatic heterocycles. The van der Waals surface area contributed by atoms with Gasteiger partial charge in [0.15, 0.2) is 0 Å². The van der Waals surface area contributed by atoms with Crippen molar-refractivity contribution >= 4 is 11.8 Å². The van der Waals surface area contributed by atoms with E-state index in [0.29, 0.717) is 0 Å². The summed E-state index contributed by atoms with van der Waals surface area (Å²) in [5.74, 6) is 2.70. The van der Waals surface area contributed by atoms with E-state index in [1.54, 1.807) is 4.57 Å². The Bertz CT molecular complexity index is 559. The molecule has 0 aliphatic carbocycles. The summed E-state index contributed by atoms with van der Waals surface area (Å²) in [4.78, 5) is 12.1. The van der Waals surface area contributed by atoms with Gasteiger partial charge in [-0.1, -0.05) is 32.0 Å².